The maximum atomic E-state index is 12.2. The second-order valence-electron chi connectivity index (χ2n) is 8.82. The number of carbonyl (C=O) groups excluding carboxylic acids is 4. The summed E-state index contributed by atoms with van der Waals surface area (Å²) in [7, 11) is -8.71. The Kier molecular flexibility index (Phi) is 6.04. The van der Waals surface area contributed by atoms with Crippen LogP contribution in [0.1, 0.15) is 12.8 Å². The van der Waals surface area contributed by atoms with Crippen molar-refractivity contribution in [1.29, 1.82) is 0 Å². The van der Waals surface area contributed by atoms with Gasteiger partial charge in [-0.1, -0.05) is 30.3 Å². The molecule has 3 rings (SSSR count). The molecule has 0 saturated carbocycles. The summed E-state index contributed by atoms with van der Waals surface area (Å²) in [5, 5.41) is 0.849. The van der Waals surface area contributed by atoms with Crippen molar-refractivity contribution >= 4 is 54.3 Å². The average Bonchev–Trinajstić information content (AvgIpc) is 3.16. The molecule has 30 heavy (non-hydrogen) atoms. The fourth-order valence-corrected chi connectivity index (χ4v) is 18.1. The van der Waals surface area contributed by atoms with Crippen molar-refractivity contribution in [2.45, 2.75) is 56.7 Å². The minimum Gasteiger partial charge on any atom is -0.432 e. The van der Waals surface area contributed by atoms with Gasteiger partial charge in [0.05, 0.1) is 23.9 Å². The van der Waals surface area contributed by atoms with E-state index < -0.39 is 60.2 Å². The third-order valence-corrected chi connectivity index (χ3v) is 18.6. The van der Waals surface area contributed by atoms with Crippen molar-refractivity contribution in [2.24, 2.45) is 0 Å². The van der Waals surface area contributed by atoms with Gasteiger partial charge in [0.15, 0.2) is 16.6 Å². The average molecular weight is 467 g/mol. The lowest BCUT2D eigenvalue weighted by Crippen LogP contribution is -2.63. The molecule has 0 aromatic heterocycles. The lowest BCUT2D eigenvalue weighted by molar-refractivity contribution is -0.153. The summed E-state index contributed by atoms with van der Waals surface area (Å²) in [5.41, 5.74) is -1.24. The van der Waals surface area contributed by atoms with E-state index in [1.165, 1.54) is 0 Å². The van der Waals surface area contributed by atoms with Crippen LogP contribution in [0.5, 0.6) is 0 Å². The maximum absolute atomic E-state index is 12.2. The number of esters is 4. The van der Waals surface area contributed by atoms with Crippen LogP contribution in [0.2, 0.25) is 43.8 Å². The van der Waals surface area contributed by atoms with Crippen molar-refractivity contribution < 1.29 is 36.9 Å². The highest BCUT2D eigenvalue weighted by atomic mass is 28.5. The van der Waals surface area contributed by atoms with E-state index in [4.69, 9.17) is 17.7 Å². The van der Waals surface area contributed by atoms with Gasteiger partial charge in [-0.25, -0.2) is 0 Å². The number of rotatable bonds is 7. The van der Waals surface area contributed by atoms with Crippen LogP contribution in [0.25, 0.3) is 0 Å². The number of ether oxygens (including phenoxy) is 2. The highest BCUT2D eigenvalue weighted by Gasteiger charge is 2.55. The zero-order chi connectivity index (χ0) is 22.3. The van der Waals surface area contributed by atoms with Gasteiger partial charge < -0.3 is 17.7 Å². The molecule has 162 valence electrons. The zero-order valence-electron chi connectivity index (χ0n) is 17.7. The normalized spacial score (nSPS) is 24.6. The Labute approximate surface area is 178 Å². The molecule has 2 fully saturated rings. The van der Waals surface area contributed by atoms with Crippen molar-refractivity contribution in [1.82, 2.24) is 0 Å². The van der Waals surface area contributed by atoms with Crippen LogP contribution >= 0.6 is 0 Å². The van der Waals surface area contributed by atoms with Gasteiger partial charge >= 0.3 is 32.4 Å². The monoisotopic (exact) mass is 466 g/mol. The topological polar surface area (TPSA) is 105 Å². The number of benzene rings is 1. The van der Waals surface area contributed by atoms with Crippen LogP contribution in [-0.4, -0.2) is 49.1 Å². The van der Waals surface area contributed by atoms with Crippen molar-refractivity contribution in [2.75, 3.05) is 0 Å². The second-order valence-corrected chi connectivity index (χ2v) is 20.7. The largest absolute Gasteiger partial charge is 0.432 e. The minimum atomic E-state index is -3.15. The van der Waals surface area contributed by atoms with Gasteiger partial charge in [0.25, 0.3) is 0 Å². The van der Waals surface area contributed by atoms with Gasteiger partial charge in [-0.2, -0.15) is 0 Å². The molecule has 1 aromatic rings. The third-order valence-electron chi connectivity index (χ3n) is 5.63. The summed E-state index contributed by atoms with van der Waals surface area (Å²) in [6.45, 7) is 9.37. The van der Waals surface area contributed by atoms with Crippen LogP contribution in [-0.2, 0) is 36.9 Å². The first-order valence-electron chi connectivity index (χ1n) is 9.79. The summed E-state index contributed by atoms with van der Waals surface area (Å²) < 4.78 is 22.8. The number of cyclic esters (lactones) is 4. The first kappa shape index (κ1) is 22.7. The summed E-state index contributed by atoms with van der Waals surface area (Å²) in [4.78, 5) is 47.7. The summed E-state index contributed by atoms with van der Waals surface area (Å²) >= 11 is 0. The lowest BCUT2D eigenvalue weighted by atomic mass is 10.3. The van der Waals surface area contributed by atoms with Crippen molar-refractivity contribution in [3.8, 4) is 0 Å². The predicted octanol–water partition coefficient (Wildman–Crippen LogP) is 2.10. The Bertz CT molecular complexity index is 833. The molecule has 0 spiro atoms. The minimum absolute atomic E-state index is 0.00159. The van der Waals surface area contributed by atoms with Gasteiger partial charge in [-0.05, 0) is 37.9 Å². The van der Waals surface area contributed by atoms with Gasteiger partial charge in [0.2, 0.25) is 0 Å². The number of hydrogen-bond donors (Lipinski definition) is 0. The number of hydrogen-bond acceptors (Lipinski definition) is 8. The third kappa shape index (κ3) is 4.54. The Hall–Kier alpha value is -1.93. The van der Waals surface area contributed by atoms with Crippen LogP contribution in [0, 0.1) is 0 Å². The Morgan fingerprint density at radius 3 is 1.47 bits per heavy atom. The van der Waals surface area contributed by atoms with E-state index in [-0.39, 0.29) is 12.8 Å². The van der Waals surface area contributed by atoms with E-state index in [0.717, 1.165) is 5.19 Å². The molecule has 2 heterocycles. The molecule has 11 heteroatoms. The molecular weight excluding hydrogens is 440 g/mol. The van der Waals surface area contributed by atoms with E-state index >= 15 is 0 Å². The highest BCUT2D eigenvalue weighted by molar-refractivity contribution is 6.96. The molecule has 1 aromatic carbocycles. The first-order chi connectivity index (χ1) is 13.8. The molecule has 0 radical (unpaired) electrons. The van der Waals surface area contributed by atoms with E-state index in [2.05, 4.69) is 0 Å². The Balaban J connectivity index is 1.94. The molecule has 8 nitrogen and oxygen atoms in total. The molecule has 0 aliphatic carbocycles. The highest BCUT2D eigenvalue weighted by Crippen LogP contribution is 2.39. The molecule has 0 N–H and O–H groups in total. The Morgan fingerprint density at radius 1 is 0.733 bits per heavy atom. The van der Waals surface area contributed by atoms with E-state index in [9.17, 15) is 19.2 Å². The summed E-state index contributed by atoms with van der Waals surface area (Å²) in [5.74, 6) is -2.19. The SMILES string of the molecule is C[Si](O[Si](C)(C)C1CC(=O)OC1=O)(O[Si](C)(C)C1CC(=O)OC1=O)c1ccccc1. The van der Waals surface area contributed by atoms with Gasteiger partial charge in [0.1, 0.15) is 0 Å². The van der Waals surface area contributed by atoms with Crippen LogP contribution in [0.4, 0.5) is 0 Å². The molecule has 2 atom stereocenters. The summed E-state index contributed by atoms with van der Waals surface area (Å²) in [6.07, 6.45) is 0.00317. The lowest BCUT2D eigenvalue weighted by Gasteiger charge is -2.42. The Morgan fingerprint density at radius 2 is 1.13 bits per heavy atom. The molecule has 2 aliphatic rings. The molecular formula is C19H26O8Si3. The van der Waals surface area contributed by atoms with Crippen LogP contribution in [0.3, 0.4) is 0 Å². The van der Waals surface area contributed by atoms with Gasteiger partial charge in [0, 0.05) is 0 Å². The first-order valence-corrected chi connectivity index (χ1v) is 18.1. The van der Waals surface area contributed by atoms with E-state index in [1.54, 1.807) is 0 Å². The summed E-state index contributed by atoms with van der Waals surface area (Å²) in [6, 6.07) is 9.42. The van der Waals surface area contributed by atoms with Crippen LogP contribution < -0.4 is 5.19 Å². The van der Waals surface area contributed by atoms with Gasteiger partial charge in [-0.3, -0.25) is 19.2 Å². The molecule has 0 bridgehead atoms. The smallest absolute Gasteiger partial charge is 0.348 e. The fourth-order valence-electron chi connectivity index (χ4n) is 4.03. The van der Waals surface area contributed by atoms with E-state index in [1.807, 2.05) is 63.1 Å². The molecule has 0 amide bonds. The quantitative estimate of drug-likeness (QED) is 0.342. The van der Waals surface area contributed by atoms with Gasteiger partial charge in [-0.15, -0.1) is 0 Å². The fraction of sp³-hybridized carbons (Fsp3) is 0.474. The maximum Gasteiger partial charge on any atom is 0.348 e. The van der Waals surface area contributed by atoms with Crippen LogP contribution in [0.15, 0.2) is 30.3 Å². The standard InChI is InChI=1S/C19H26O8Si3/c1-28(2,14-11-16(20)24-18(14)22)26-30(5,13-9-7-6-8-10-13)27-29(3,4)15-12-17(21)25-19(15)23/h6-10,14-15H,11-12H2,1-5H3. The molecule has 2 saturated heterocycles. The predicted molar refractivity (Wildman–Crippen MR) is 114 cm³/mol. The molecule has 2 aliphatic heterocycles. The van der Waals surface area contributed by atoms with Crippen molar-refractivity contribution in [3.63, 3.8) is 0 Å². The molecule has 2 unspecified atom stereocenters. The van der Waals surface area contributed by atoms with E-state index in [0.29, 0.717) is 0 Å². The van der Waals surface area contributed by atoms with Crippen molar-refractivity contribution in [3.05, 3.63) is 30.3 Å². The second kappa shape index (κ2) is 7.96. The number of carbonyl (C=O) groups is 4. The zero-order valence-corrected chi connectivity index (χ0v) is 20.7.